The largest absolute Gasteiger partial charge is 0.338 e. The first-order chi connectivity index (χ1) is 6.26. The first kappa shape index (κ1) is 11.6. The van der Waals surface area contributed by atoms with Crippen LogP contribution < -0.4 is 5.32 Å². The molecule has 0 aromatic rings. The van der Waals surface area contributed by atoms with Crippen molar-refractivity contribution < 1.29 is 4.79 Å². The molecule has 0 saturated heterocycles. The molecule has 0 aromatic heterocycles. The van der Waals surface area contributed by atoms with Crippen LogP contribution in [-0.4, -0.2) is 37.1 Å². The Morgan fingerprint density at radius 2 is 2.15 bits per heavy atom. The van der Waals surface area contributed by atoms with Crippen LogP contribution in [0.1, 0.15) is 13.8 Å². The van der Waals surface area contributed by atoms with E-state index in [2.05, 4.69) is 15.3 Å². The Morgan fingerprint density at radius 3 is 2.62 bits per heavy atom. The maximum atomic E-state index is 11.2. The topological polar surface area (TPSA) is 81.1 Å². The number of amides is 2. The molecule has 0 aliphatic heterocycles. The van der Waals surface area contributed by atoms with Gasteiger partial charge in [0.25, 0.3) is 0 Å². The van der Waals surface area contributed by atoms with Crippen molar-refractivity contribution in [3.63, 3.8) is 0 Å². The maximum Gasteiger partial charge on any atom is 0.317 e. The molecule has 0 bridgehead atoms. The summed E-state index contributed by atoms with van der Waals surface area (Å²) in [7, 11) is 0. The van der Waals surface area contributed by atoms with Gasteiger partial charge in [-0.05, 0) is 19.4 Å². The number of rotatable bonds is 5. The molecule has 0 unspecified atom stereocenters. The van der Waals surface area contributed by atoms with E-state index in [0.717, 1.165) is 0 Å². The van der Waals surface area contributed by atoms with Gasteiger partial charge in [0.05, 0.1) is 0 Å². The molecule has 6 nitrogen and oxygen atoms in total. The summed E-state index contributed by atoms with van der Waals surface area (Å²) >= 11 is 0. The predicted molar refractivity (Wildman–Crippen MR) is 50.3 cm³/mol. The van der Waals surface area contributed by atoms with Gasteiger partial charge in [0, 0.05) is 31.1 Å². The number of urea groups is 1. The fourth-order valence-electron chi connectivity index (χ4n) is 0.880. The van der Waals surface area contributed by atoms with Crippen LogP contribution in [0, 0.1) is 0 Å². The van der Waals surface area contributed by atoms with E-state index < -0.39 is 0 Å². The summed E-state index contributed by atoms with van der Waals surface area (Å²) in [6.45, 7) is 5.88. The summed E-state index contributed by atoms with van der Waals surface area (Å²) in [5.74, 6) is 0. The maximum absolute atomic E-state index is 11.2. The zero-order valence-electron chi connectivity index (χ0n) is 8.03. The molecule has 6 heteroatoms. The number of hydrogen-bond donors (Lipinski definition) is 1. The van der Waals surface area contributed by atoms with E-state index in [1.54, 1.807) is 4.90 Å². The van der Waals surface area contributed by atoms with Crippen LogP contribution in [0.25, 0.3) is 10.4 Å². The van der Waals surface area contributed by atoms with Crippen molar-refractivity contribution in [2.75, 3.05) is 26.2 Å². The van der Waals surface area contributed by atoms with Gasteiger partial charge in [-0.25, -0.2) is 4.79 Å². The summed E-state index contributed by atoms with van der Waals surface area (Å²) in [4.78, 5) is 15.5. The van der Waals surface area contributed by atoms with Crippen molar-refractivity contribution in [2.24, 2.45) is 5.11 Å². The highest BCUT2D eigenvalue weighted by molar-refractivity contribution is 5.73. The normalized spacial score (nSPS) is 8.77. The van der Waals surface area contributed by atoms with E-state index in [1.165, 1.54) is 0 Å². The zero-order chi connectivity index (χ0) is 10.1. The SMILES string of the molecule is CCN(CC)C(=O)NCCN=[N+]=[N-]. The van der Waals surface area contributed by atoms with Crippen LogP contribution in [0.3, 0.4) is 0 Å². The van der Waals surface area contributed by atoms with Crippen molar-refractivity contribution >= 4 is 6.03 Å². The fourth-order valence-corrected chi connectivity index (χ4v) is 0.880. The van der Waals surface area contributed by atoms with Gasteiger partial charge in [-0.2, -0.15) is 0 Å². The van der Waals surface area contributed by atoms with Gasteiger partial charge in [-0.3, -0.25) is 0 Å². The molecule has 0 spiro atoms. The highest BCUT2D eigenvalue weighted by atomic mass is 16.2. The molecule has 2 amide bonds. The quantitative estimate of drug-likeness (QED) is 0.298. The highest BCUT2D eigenvalue weighted by Crippen LogP contribution is 1.87. The number of azide groups is 1. The van der Waals surface area contributed by atoms with Crippen LogP contribution in [0.5, 0.6) is 0 Å². The third kappa shape index (κ3) is 4.92. The molecule has 0 atom stereocenters. The fraction of sp³-hybridized carbons (Fsp3) is 0.857. The Labute approximate surface area is 77.5 Å². The third-order valence-corrected chi connectivity index (χ3v) is 1.60. The Bertz CT molecular complexity index is 195. The minimum Gasteiger partial charge on any atom is -0.338 e. The Balaban J connectivity index is 3.65. The van der Waals surface area contributed by atoms with Crippen molar-refractivity contribution in [1.29, 1.82) is 0 Å². The summed E-state index contributed by atoms with van der Waals surface area (Å²) in [5, 5.41) is 5.94. The Kier molecular flexibility index (Phi) is 6.45. The number of nitrogens with one attached hydrogen (secondary N) is 1. The first-order valence-electron chi connectivity index (χ1n) is 4.29. The minimum atomic E-state index is -0.113. The summed E-state index contributed by atoms with van der Waals surface area (Å²) in [6.07, 6.45) is 0. The molecule has 1 N–H and O–H groups in total. The van der Waals surface area contributed by atoms with Gasteiger partial charge in [0.1, 0.15) is 0 Å². The summed E-state index contributed by atoms with van der Waals surface area (Å²) in [6, 6.07) is -0.113. The van der Waals surface area contributed by atoms with Crippen LogP contribution in [0.2, 0.25) is 0 Å². The lowest BCUT2D eigenvalue weighted by atomic mass is 10.5. The second-order valence-corrected chi connectivity index (χ2v) is 2.36. The molecule has 0 heterocycles. The van der Waals surface area contributed by atoms with Crippen molar-refractivity contribution in [2.45, 2.75) is 13.8 Å². The predicted octanol–water partition coefficient (Wildman–Crippen LogP) is 1.35. The molecule has 0 aliphatic rings. The van der Waals surface area contributed by atoms with Crippen LogP contribution >= 0.6 is 0 Å². The Morgan fingerprint density at radius 1 is 1.54 bits per heavy atom. The van der Waals surface area contributed by atoms with Crippen LogP contribution in [0.15, 0.2) is 5.11 Å². The summed E-state index contributed by atoms with van der Waals surface area (Å²) in [5.41, 5.74) is 7.97. The molecule has 0 rings (SSSR count). The third-order valence-electron chi connectivity index (χ3n) is 1.60. The number of carbonyl (C=O) groups excluding carboxylic acids is 1. The number of nitrogens with zero attached hydrogens (tertiary/aromatic N) is 4. The smallest absolute Gasteiger partial charge is 0.317 e. The highest BCUT2D eigenvalue weighted by Gasteiger charge is 2.06. The van der Waals surface area contributed by atoms with Crippen LogP contribution in [0.4, 0.5) is 4.79 Å². The van der Waals surface area contributed by atoms with E-state index in [9.17, 15) is 4.79 Å². The second-order valence-electron chi connectivity index (χ2n) is 2.36. The molecule has 0 fully saturated rings. The van der Waals surface area contributed by atoms with Gasteiger partial charge in [0.15, 0.2) is 0 Å². The lowest BCUT2D eigenvalue weighted by Gasteiger charge is -2.18. The lowest BCUT2D eigenvalue weighted by molar-refractivity contribution is 0.203. The zero-order valence-corrected chi connectivity index (χ0v) is 8.03. The molecular formula is C7H15N5O. The average Bonchev–Trinajstić information content (AvgIpc) is 2.14. The van der Waals surface area contributed by atoms with Gasteiger partial charge < -0.3 is 10.2 Å². The molecule has 0 aromatic carbocycles. The molecule has 0 saturated carbocycles. The first-order valence-corrected chi connectivity index (χ1v) is 4.29. The molecule has 0 radical (unpaired) electrons. The van der Waals surface area contributed by atoms with E-state index in [1.807, 2.05) is 13.8 Å². The Hall–Kier alpha value is -1.42. The standard InChI is InChI=1S/C7H15N5O/c1-3-12(4-2)7(13)9-5-6-10-11-8/h3-6H2,1-2H3,(H,9,13). The van der Waals surface area contributed by atoms with Crippen molar-refractivity contribution in [3.8, 4) is 0 Å². The molecule has 74 valence electrons. The molecular weight excluding hydrogens is 170 g/mol. The van der Waals surface area contributed by atoms with E-state index in [0.29, 0.717) is 26.2 Å². The van der Waals surface area contributed by atoms with E-state index in [4.69, 9.17) is 5.53 Å². The van der Waals surface area contributed by atoms with E-state index >= 15 is 0 Å². The number of hydrogen-bond acceptors (Lipinski definition) is 2. The van der Waals surface area contributed by atoms with Crippen molar-refractivity contribution in [3.05, 3.63) is 10.4 Å². The van der Waals surface area contributed by atoms with E-state index in [-0.39, 0.29) is 6.03 Å². The number of carbonyl (C=O) groups is 1. The monoisotopic (exact) mass is 185 g/mol. The van der Waals surface area contributed by atoms with Crippen molar-refractivity contribution in [1.82, 2.24) is 10.2 Å². The van der Waals surface area contributed by atoms with Gasteiger partial charge >= 0.3 is 6.03 Å². The minimum absolute atomic E-state index is 0.113. The van der Waals surface area contributed by atoms with Gasteiger partial charge in [-0.15, -0.1) is 0 Å². The molecule has 13 heavy (non-hydrogen) atoms. The second kappa shape index (κ2) is 7.24. The average molecular weight is 185 g/mol. The summed E-state index contributed by atoms with van der Waals surface area (Å²) < 4.78 is 0. The van der Waals surface area contributed by atoms with Crippen LogP contribution in [-0.2, 0) is 0 Å². The van der Waals surface area contributed by atoms with Gasteiger partial charge in [0.2, 0.25) is 0 Å². The lowest BCUT2D eigenvalue weighted by Crippen LogP contribution is -2.40. The molecule has 0 aliphatic carbocycles. The van der Waals surface area contributed by atoms with Gasteiger partial charge in [-0.1, -0.05) is 5.11 Å².